The Balaban J connectivity index is 1.73. The SMILES string of the molecule is CCN1CCN(c2ccccc2NS(=O)(=O)N2CCC(C)CC2)CC1. The lowest BCUT2D eigenvalue weighted by Crippen LogP contribution is -2.46. The van der Waals surface area contributed by atoms with Gasteiger partial charge in [0.25, 0.3) is 0 Å². The molecule has 2 fully saturated rings. The molecule has 2 saturated heterocycles. The van der Waals surface area contributed by atoms with Crippen molar-refractivity contribution in [2.45, 2.75) is 26.7 Å². The van der Waals surface area contributed by atoms with Crippen LogP contribution in [-0.2, 0) is 10.2 Å². The zero-order valence-electron chi connectivity index (χ0n) is 15.3. The fourth-order valence-electron chi connectivity index (χ4n) is 3.57. The summed E-state index contributed by atoms with van der Waals surface area (Å²) in [6, 6.07) is 7.74. The molecule has 0 spiro atoms. The lowest BCUT2D eigenvalue weighted by Gasteiger charge is -2.36. The second-order valence-electron chi connectivity index (χ2n) is 7.13. The van der Waals surface area contributed by atoms with Gasteiger partial charge < -0.3 is 9.80 Å². The third kappa shape index (κ3) is 4.46. The highest BCUT2D eigenvalue weighted by Crippen LogP contribution is 2.29. The van der Waals surface area contributed by atoms with Crippen LogP contribution in [0.25, 0.3) is 0 Å². The fourth-order valence-corrected chi connectivity index (χ4v) is 4.84. The molecule has 2 aliphatic rings. The molecular weight excluding hydrogens is 336 g/mol. The van der Waals surface area contributed by atoms with Crippen molar-refractivity contribution < 1.29 is 8.42 Å². The molecule has 0 bridgehead atoms. The van der Waals surface area contributed by atoms with Crippen LogP contribution in [0.15, 0.2) is 24.3 Å². The number of nitrogens with one attached hydrogen (secondary N) is 1. The monoisotopic (exact) mass is 366 g/mol. The maximum absolute atomic E-state index is 12.8. The zero-order chi connectivity index (χ0) is 17.9. The summed E-state index contributed by atoms with van der Waals surface area (Å²) in [7, 11) is -3.49. The van der Waals surface area contributed by atoms with Crippen LogP contribution in [-0.4, -0.2) is 63.4 Å². The third-order valence-electron chi connectivity index (χ3n) is 5.39. The first-order chi connectivity index (χ1) is 12.0. The number of piperazine rings is 1. The topological polar surface area (TPSA) is 55.9 Å². The smallest absolute Gasteiger partial charge is 0.301 e. The molecule has 0 radical (unpaired) electrons. The van der Waals surface area contributed by atoms with E-state index in [9.17, 15) is 8.42 Å². The van der Waals surface area contributed by atoms with E-state index < -0.39 is 10.2 Å². The zero-order valence-corrected chi connectivity index (χ0v) is 16.1. The number of hydrogen-bond donors (Lipinski definition) is 1. The average molecular weight is 367 g/mol. The number of para-hydroxylation sites is 2. The van der Waals surface area contributed by atoms with Crippen LogP contribution in [0.1, 0.15) is 26.7 Å². The van der Waals surface area contributed by atoms with Gasteiger partial charge in [0.2, 0.25) is 0 Å². The lowest BCUT2D eigenvalue weighted by molar-refractivity contribution is 0.271. The number of nitrogens with zero attached hydrogens (tertiary/aromatic N) is 3. The maximum Gasteiger partial charge on any atom is 0.301 e. The van der Waals surface area contributed by atoms with Gasteiger partial charge in [0.05, 0.1) is 11.4 Å². The van der Waals surface area contributed by atoms with Crippen molar-refractivity contribution in [3.63, 3.8) is 0 Å². The molecule has 0 amide bonds. The van der Waals surface area contributed by atoms with Crippen molar-refractivity contribution in [1.82, 2.24) is 9.21 Å². The van der Waals surface area contributed by atoms with Gasteiger partial charge in [-0.1, -0.05) is 26.0 Å². The largest absolute Gasteiger partial charge is 0.367 e. The van der Waals surface area contributed by atoms with E-state index >= 15 is 0 Å². The van der Waals surface area contributed by atoms with E-state index in [2.05, 4.69) is 28.4 Å². The van der Waals surface area contributed by atoms with E-state index in [0.29, 0.717) is 24.7 Å². The van der Waals surface area contributed by atoms with E-state index in [1.807, 2.05) is 24.3 Å². The molecule has 1 N–H and O–H groups in total. The van der Waals surface area contributed by atoms with Gasteiger partial charge in [-0.15, -0.1) is 0 Å². The van der Waals surface area contributed by atoms with Crippen LogP contribution >= 0.6 is 0 Å². The van der Waals surface area contributed by atoms with Gasteiger partial charge in [-0.2, -0.15) is 12.7 Å². The van der Waals surface area contributed by atoms with Crippen LogP contribution in [0.4, 0.5) is 11.4 Å². The average Bonchev–Trinajstić information content (AvgIpc) is 2.62. The summed E-state index contributed by atoms with van der Waals surface area (Å²) >= 11 is 0. The summed E-state index contributed by atoms with van der Waals surface area (Å²) in [5.74, 6) is 0.605. The lowest BCUT2D eigenvalue weighted by atomic mass is 10.0. The normalized spacial score (nSPS) is 21.4. The van der Waals surface area contributed by atoms with Gasteiger partial charge in [0.1, 0.15) is 0 Å². The van der Waals surface area contributed by atoms with Crippen LogP contribution < -0.4 is 9.62 Å². The highest BCUT2D eigenvalue weighted by molar-refractivity contribution is 7.90. The quantitative estimate of drug-likeness (QED) is 0.868. The second kappa shape index (κ2) is 7.93. The Bertz CT molecular complexity index is 663. The Hall–Kier alpha value is -1.31. The molecule has 1 aromatic rings. The predicted molar refractivity (Wildman–Crippen MR) is 103 cm³/mol. The van der Waals surface area contributed by atoms with Crippen molar-refractivity contribution in [3.8, 4) is 0 Å². The molecule has 0 aromatic heterocycles. The standard InChI is InChI=1S/C18H30N4O2S/c1-3-20-12-14-21(15-13-20)18-7-5-4-6-17(18)19-25(23,24)22-10-8-16(2)9-11-22/h4-7,16,19H,3,8-15H2,1-2H3. The van der Waals surface area contributed by atoms with E-state index in [-0.39, 0.29) is 0 Å². The van der Waals surface area contributed by atoms with E-state index in [0.717, 1.165) is 51.3 Å². The van der Waals surface area contributed by atoms with Crippen molar-refractivity contribution >= 4 is 21.6 Å². The number of rotatable bonds is 5. The van der Waals surface area contributed by atoms with Crippen molar-refractivity contribution in [3.05, 3.63) is 24.3 Å². The Morgan fingerprint density at radius 1 is 1.04 bits per heavy atom. The van der Waals surface area contributed by atoms with Crippen molar-refractivity contribution in [1.29, 1.82) is 0 Å². The first-order valence-corrected chi connectivity index (χ1v) is 10.8. The number of piperidine rings is 1. The molecule has 2 heterocycles. The molecule has 1 aromatic carbocycles. The predicted octanol–water partition coefficient (Wildman–Crippen LogP) is 2.22. The van der Waals surface area contributed by atoms with Crippen LogP contribution in [0, 0.1) is 5.92 Å². The first kappa shape index (κ1) is 18.5. The van der Waals surface area contributed by atoms with Gasteiger partial charge >= 0.3 is 10.2 Å². The Morgan fingerprint density at radius 3 is 2.32 bits per heavy atom. The Kier molecular flexibility index (Phi) is 5.86. The molecule has 2 aliphatic heterocycles. The molecular formula is C18H30N4O2S. The second-order valence-corrected chi connectivity index (χ2v) is 8.80. The minimum atomic E-state index is -3.49. The summed E-state index contributed by atoms with van der Waals surface area (Å²) < 4.78 is 30.0. The van der Waals surface area contributed by atoms with Gasteiger partial charge in [-0.3, -0.25) is 4.72 Å². The highest BCUT2D eigenvalue weighted by atomic mass is 32.2. The van der Waals surface area contributed by atoms with Crippen molar-refractivity contribution in [2.75, 3.05) is 55.4 Å². The summed E-state index contributed by atoms with van der Waals surface area (Å²) in [6.45, 7) is 10.5. The van der Waals surface area contributed by atoms with Crippen LogP contribution in [0.5, 0.6) is 0 Å². The van der Waals surface area contributed by atoms with Crippen LogP contribution in [0.2, 0.25) is 0 Å². The van der Waals surface area contributed by atoms with E-state index in [4.69, 9.17) is 0 Å². The minimum absolute atomic E-state index is 0.605. The van der Waals surface area contributed by atoms with E-state index in [1.165, 1.54) is 0 Å². The molecule has 7 heteroatoms. The molecule has 0 unspecified atom stereocenters. The van der Waals surface area contributed by atoms with Gasteiger partial charge in [-0.25, -0.2) is 0 Å². The molecule has 0 saturated carbocycles. The number of anilines is 2. The van der Waals surface area contributed by atoms with Crippen molar-refractivity contribution in [2.24, 2.45) is 5.92 Å². The Labute approximate surface area is 152 Å². The first-order valence-electron chi connectivity index (χ1n) is 9.34. The molecule has 0 aliphatic carbocycles. The van der Waals surface area contributed by atoms with Crippen LogP contribution in [0.3, 0.4) is 0 Å². The number of likely N-dealkylation sites (N-methyl/N-ethyl adjacent to an activating group) is 1. The maximum atomic E-state index is 12.8. The Morgan fingerprint density at radius 2 is 1.68 bits per heavy atom. The molecule has 0 atom stereocenters. The van der Waals surface area contributed by atoms with Gasteiger partial charge in [0, 0.05) is 39.3 Å². The molecule has 3 rings (SSSR count). The minimum Gasteiger partial charge on any atom is -0.367 e. The highest BCUT2D eigenvalue weighted by Gasteiger charge is 2.27. The summed E-state index contributed by atoms with van der Waals surface area (Å²) in [6.07, 6.45) is 1.86. The molecule has 6 nitrogen and oxygen atoms in total. The summed E-state index contributed by atoms with van der Waals surface area (Å²) in [4.78, 5) is 4.69. The summed E-state index contributed by atoms with van der Waals surface area (Å²) in [5.41, 5.74) is 1.67. The molecule has 140 valence electrons. The summed E-state index contributed by atoms with van der Waals surface area (Å²) in [5, 5.41) is 0. The number of benzene rings is 1. The van der Waals surface area contributed by atoms with Gasteiger partial charge in [-0.05, 0) is 37.4 Å². The number of hydrogen-bond acceptors (Lipinski definition) is 4. The van der Waals surface area contributed by atoms with Gasteiger partial charge in [0.15, 0.2) is 0 Å². The molecule has 25 heavy (non-hydrogen) atoms. The fraction of sp³-hybridized carbons (Fsp3) is 0.667. The van der Waals surface area contributed by atoms with E-state index in [1.54, 1.807) is 4.31 Å². The third-order valence-corrected chi connectivity index (χ3v) is 6.91.